The molecule has 0 heterocycles. The molecule has 98 valence electrons. The van der Waals surface area contributed by atoms with Gasteiger partial charge in [-0.1, -0.05) is 0 Å². The molecule has 18 heavy (non-hydrogen) atoms. The average Bonchev–Trinajstić information content (AvgIpc) is 2.27. The van der Waals surface area contributed by atoms with Crippen LogP contribution in [0.1, 0.15) is 17.3 Å². The maximum Gasteiger partial charge on any atom is 0.446 e. The van der Waals surface area contributed by atoms with Gasteiger partial charge in [0.25, 0.3) is 5.78 Å². The lowest BCUT2D eigenvalue weighted by Crippen LogP contribution is -2.17. The third-order valence-corrected chi connectivity index (χ3v) is 2.55. The van der Waals surface area contributed by atoms with Crippen molar-refractivity contribution in [1.29, 1.82) is 0 Å². The first-order valence-electron chi connectivity index (χ1n) is 4.90. The molecule has 0 unspecified atom stereocenters. The summed E-state index contributed by atoms with van der Waals surface area (Å²) in [7, 11) is 0. The average molecular weight is 278 g/mol. The van der Waals surface area contributed by atoms with Crippen molar-refractivity contribution in [1.82, 2.24) is 0 Å². The number of halogens is 3. The maximum absolute atomic E-state index is 12.1. The summed E-state index contributed by atoms with van der Waals surface area (Å²) in [6, 6.07) is 4.58. The van der Waals surface area contributed by atoms with Crippen molar-refractivity contribution >= 4 is 23.5 Å². The highest BCUT2D eigenvalue weighted by Crippen LogP contribution is 2.36. The van der Waals surface area contributed by atoms with E-state index in [1.807, 2.05) is 0 Å². The standard InChI is InChI=1S/C11H9F3O3S/c1-2-17-10(16)9(15)7-3-5-8(6-4-7)18-11(12,13)14/h3-6H,2H2,1H3. The molecule has 0 saturated heterocycles. The van der Waals surface area contributed by atoms with E-state index in [1.54, 1.807) is 6.92 Å². The first-order chi connectivity index (χ1) is 8.33. The zero-order chi connectivity index (χ0) is 13.8. The predicted octanol–water partition coefficient (Wildman–Crippen LogP) is 3.04. The fourth-order valence-electron chi connectivity index (χ4n) is 1.12. The fraction of sp³-hybridized carbons (Fsp3) is 0.273. The van der Waals surface area contributed by atoms with Crippen LogP contribution in [0.5, 0.6) is 0 Å². The van der Waals surface area contributed by atoms with Crippen LogP contribution in [-0.2, 0) is 9.53 Å². The van der Waals surface area contributed by atoms with Gasteiger partial charge in [0.2, 0.25) is 0 Å². The summed E-state index contributed by atoms with van der Waals surface area (Å²) in [6.45, 7) is 1.61. The Hall–Kier alpha value is -1.50. The highest BCUT2D eigenvalue weighted by Gasteiger charge is 2.29. The van der Waals surface area contributed by atoms with E-state index in [0.29, 0.717) is 0 Å². The number of thioether (sulfide) groups is 1. The SMILES string of the molecule is CCOC(=O)C(=O)c1ccc(SC(F)(F)F)cc1. The Bertz CT molecular complexity index is 440. The smallest absolute Gasteiger partial charge is 0.446 e. The number of carbonyl (C=O) groups excluding carboxylic acids is 2. The number of carbonyl (C=O) groups is 2. The minimum atomic E-state index is -4.38. The van der Waals surface area contributed by atoms with Gasteiger partial charge in [-0.25, -0.2) is 4.79 Å². The van der Waals surface area contributed by atoms with E-state index in [4.69, 9.17) is 0 Å². The Morgan fingerprint density at radius 1 is 1.22 bits per heavy atom. The highest BCUT2D eigenvalue weighted by atomic mass is 32.2. The summed E-state index contributed by atoms with van der Waals surface area (Å²) in [5.41, 5.74) is -4.38. The van der Waals surface area contributed by atoms with E-state index >= 15 is 0 Å². The molecule has 0 bridgehead atoms. The fourth-order valence-corrected chi connectivity index (χ4v) is 1.66. The molecule has 0 aromatic heterocycles. The van der Waals surface area contributed by atoms with E-state index in [-0.39, 0.29) is 28.8 Å². The van der Waals surface area contributed by atoms with Crippen molar-refractivity contribution in [2.75, 3.05) is 6.61 Å². The van der Waals surface area contributed by atoms with Gasteiger partial charge >= 0.3 is 11.5 Å². The zero-order valence-corrected chi connectivity index (χ0v) is 10.1. The normalized spacial score (nSPS) is 11.1. The van der Waals surface area contributed by atoms with Crippen LogP contribution in [0.3, 0.4) is 0 Å². The molecule has 7 heteroatoms. The van der Waals surface area contributed by atoms with Crippen molar-refractivity contribution in [2.45, 2.75) is 17.3 Å². The number of Topliss-reactive ketones (excluding diaryl/α,β-unsaturated/α-hetero) is 1. The topological polar surface area (TPSA) is 43.4 Å². The molecule has 0 saturated carbocycles. The molecule has 0 N–H and O–H groups in total. The second-order valence-corrected chi connectivity index (χ2v) is 4.26. The second kappa shape index (κ2) is 5.90. The van der Waals surface area contributed by atoms with Gasteiger partial charge in [0.1, 0.15) is 0 Å². The first-order valence-corrected chi connectivity index (χ1v) is 5.72. The third kappa shape index (κ3) is 4.40. The lowest BCUT2D eigenvalue weighted by molar-refractivity contribution is -0.137. The van der Waals surface area contributed by atoms with Gasteiger partial charge in [0, 0.05) is 10.5 Å². The monoisotopic (exact) mass is 278 g/mol. The van der Waals surface area contributed by atoms with E-state index < -0.39 is 17.3 Å². The molecule has 3 nitrogen and oxygen atoms in total. The summed E-state index contributed by atoms with van der Waals surface area (Å²) in [6.07, 6.45) is 0. The van der Waals surface area contributed by atoms with Gasteiger partial charge in [-0.3, -0.25) is 4.79 Å². The van der Waals surface area contributed by atoms with Crippen LogP contribution in [-0.4, -0.2) is 23.9 Å². The number of alkyl halides is 3. The van der Waals surface area contributed by atoms with Gasteiger partial charge in [0.05, 0.1) is 6.61 Å². The number of esters is 1. The van der Waals surface area contributed by atoms with Gasteiger partial charge < -0.3 is 4.74 Å². The van der Waals surface area contributed by atoms with Crippen LogP contribution in [0.15, 0.2) is 29.2 Å². The van der Waals surface area contributed by atoms with Crippen LogP contribution in [0.2, 0.25) is 0 Å². The number of ether oxygens (including phenoxy) is 1. The first kappa shape index (κ1) is 14.6. The summed E-state index contributed by atoms with van der Waals surface area (Å²) < 4.78 is 40.6. The Labute approximate surface area is 105 Å². The van der Waals surface area contributed by atoms with Gasteiger partial charge in [-0.05, 0) is 43.0 Å². The Balaban J connectivity index is 2.77. The zero-order valence-electron chi connectivity index (χ0n) is 9.28. The third-order valence-electron chi connectivity index (χ3n) is 1.81. The van der Waals surface area contributed by atoms with Crippen LogP contribution in [0.4, 0.5) is 13.2 Å². The van der Waals surface area contributed by atoms with Crippen molar-refractivity contribution < 1.29 is 27.5 Å². The number of benzene rings is 1. The second-order valence-electron chi connectivity index (χ2n) is 3.12. The lowest BCUT2D eigenvalue weighted by atomic mass is 10.1. The largest absolute Gasteiger partial charge is 0.460 e. The van der Waals surface area contributed by atoms with Crippen molar-refractivity contribution in [3.05, 3.63) is 29.8 Å². The van der Waals surface area contributed by atoms with Crippen LogP contribution in [0, 0.1) is 0 Å². The van der Waals surface area contributed by atoms with Crippen molar-refractivity contribution in [3.63, 3.8) is 0 Å². The summed E-state index contributed by atoms with van der Waals surface area (Å²) in [5, 5.41) is 0. The summed E-state index contributed by atoms with van der Waals surface area (Å²) in [5.74, 6) is -1.89. The van der Waals surface area contributed by atoms with Crippen LogP contribution < -0.4 is 0 Å². The molecule has 0 aliphatic carbocycles. The number of hydrogen-bond donors (Lipinski definition) is 0. The van der Waals surface area contributed by atoms with Crippen molar-refractivity contribution in [3.8, 4) is 0 Å². The Morgan fingerprint density at radius 3 is 2.22 bits per heavy atom. The van der Waals surface area contributed by atoms with Gasteiger partial charge in [0.15, 0.2) is 0 Å². The quantitative estimate of drug-likeness (QED) is 0.367. The minimum absolute atomic E-state index is 0.0000236. The number of hydrogen-bond acceptors (Lipinski definition) is 4. The molecule has 0 aliphatic heterocycles. The molecule has 0 spiro atoms. The molecule has 0 aliphatic rings. The summed E-state index contributed by atoms with van der Waals surface area (Å²) >= 11 is -0.288. The molecule has 1 rings (SSSR count). The molecular weight excluding hydrogens is 269 g/mol. The van der Waals surface area contributed by atoms with Gasteiger partial charge in [-0.15, -0.1) is 0 Å². The highest BCUT2D eigenvalue weighted by molar-refractivity contribution is 8.00. The molecule has 1 aromatic carbocycles. The van der Waals surface area contributed by atoms with Crippen LogP contribution in [0.25, 0.3) is 0 Å². The van der Waals surface area contributed by atoms with E-state index in [2.05, 4.69) is 4.74 Å². The number of rotatable bonds is 4. The van der Waals surface area contributed by atoms with E-state index in [9.17, 15) is 22.8 Å². The Morgan fingerprint density at radius 2 is 1.78 bits per heavy atom. The lowest BCUT2D eigenvalue weighted by Gasteiger charge is -2.06. The minimum Gasteiger partial charge on any atom is -0.460 e. The van der Waals surface area contributed by atoms with Crippen LogP contribution >= 0.6 is 11.8 Å². The number of ketones is 1. The molecular formula is C11H9F3O3S. The predicted molar refractivity (Wildman–Crippen MR) is 59.3 cm³/mol. The van der Waals surface area contributed by atoms with E-state index in [1.165, 1.54) is 0 Å². The Kier molecular flexibility index (Phi) is 4.77. The maximum atomic E-state index is 12.1. The molecule has 1 aromatic rings. The molecule has 0 amide bonds. The summed E-state index contributed by atoms with van der Waals surface area (Å²) in [4.78, 5) is 22.5. The van der Waals surface area contributed by atoms with Crippen molar-refractivity contribution in [2.24, 2.45) is 0 Å². The molecule has 0 fully saturated rings. The molecule has 0 radical (unpaired) electrons. The molecule has 0 atom stereocenters. The van der Waals surface area contributed by atoms with Gasteiger partial charge in [-0.2, -0.15) is 13.2 Å². The van der Waals surface area contributed by atoms with E-state index in [0.717, 1.165) is 24.3 Å².